The minimum Gasteiger partial charge on any atom is -0.478 e. The summed E-state index contributed by atoms with van der Waals surface area (Å²) in [6.07, 6.45) is 3.48. The smallest absolute Gasteiger partial charge is 0.335 e. The Balaban J connectivity index is 1.75. The molecule has 112 valence electrons. The molecule has 1 heterocycles. The van der Waals surface area contributed by atoms with Crippen LogP contribution in [0.2, 0.25) is 0 Å². The van der Waals surface area contributed by atoms with Gasteiger partial charge in [0.1, 0.15) is 0 Å². The zero-order valence-electron chi connectivity index (χ0n) is 11.4. The van der Waals surface area contributed by atoms with E-state index in [0.29, 0.717) is 22.0 Å². The molecule has 2 aliphatic rings. The Bertz CT molecular complexity index is 590. The molecule has 2 fully saturated rings. The molecule has 1 aromatic carbocycles. The Hall–Kier alpha value is -1.40. The van der Waals surface area contributed by atoms with Gasteiger partial charge in [0.15, 0.2) is 0 Å². The van der Waals surface area contributed by atoms with Crippen LogP contribution < -0.4 is 10.6 Å². The van der Waals surface area contributed by atoms with E-state index in [4.69, 9.17) is 5.11 Å². The number of benzene rings is 1. The van der Waals surface area contributed by atoms with Gasteiger partial charge in [-0.15, -0.1) is 0 Å². The van der Waals surface area contributed by atoms with Gasteiger partial charge in [-0.1, -0.05) is 6.42 Å². The van der Waals surface area contributed by atoms with Gasteiger partial charge in [0.2, 0.25) is 5.91 Å². The molecule has 1 amide bonds. The monoisotopic (exact) mass is 352 g/mol. The van der Waals surface area contributed by atoms with Crippen LogP contribution in [0.5, 0.6) is 0 Å². The lowest BCUT2D eigenvalue weighted by Crippen LogP contribution is -2.39. The molecule has 3 N–H and O–H groups in total. The van der Waals surface area contributed by atoms with Crippen molar-refractivity contribution in [2.45, 2.75) is 25.3 Å². The fourth-order valence-electron chi connectivity index (χ4n) is 3.44. The highest BCUT2D eigenvalue weighted by molar-refractivity contribution is 9.10. The third-order valence-corrected chi connectivity index (χ3v) is 5.19. The molecule has 3 atom stereocenters. The van der Waals surface area contributed by atoms with Gasteiger partial charge in [0, 0.05) is 4.47 Å². The minimum atomic E-state index is -1.01. The van der Waals surface area contributed by atoms with Gasteiger partial charge >= 0.3 is 5.97 Å². The highest BCUT2D eigenvalue weighted by Crippen LogP contribution is 2.38. The maximum atomic E-state index is 12.4. The molecule has 3 unspecified atom stereocenters. The first-order valence-corrected chi connectivity index (χ1v) is 7.92. The van der Waals surface area contributed by atoms with Crippen molar-refractivity contribution in [1.29, 1.82) is 0 Å². The van der Waals surface area contributed by atoms with Crippen LogP contribution in [-0.4, -0.2) is 29.6 Å². The fraction of sp³-hybridized carbons (Fsp3) is 0.467. The molecular formula is C15H17BrN2O3. The molecule has 0 aromatic heterocycles. The predicted molar refractivity (Wildman–Crippen MR) is 82.4 cm³/mol. The molecule has 3 rings (SSSR count). The normalized spacial score (nSPS) is 27.4. The molecule has 5 nitrogen and oxygen atoms in total. The molecule has 1 aliphatic carbocycles. The molecule has 0 spiro atoms. The third kappa shape index (κ3) is 2.82. The van der Waals surface area contributed by atoms with Crippen LogP contribution in [0.15, 0.2) is 22.7 Å². The maximum absolute atomic E-state index is 12.4. The zero-order valence-corrected chi connectivity index (χ0v) is 13.0. The van der Waals surface area contributed by atoms with Gasteiger partial charge in [-0.25, -0.2) is 4.79 Å². The average molecular weight is 353 g/mol. The molecule has 1 saturated heterocycles. The number of carbonyl (C=O) groups is 2. The van der Waals surface area contributed by atoms with Gasteiger partial charge in [0.25, 0.3) is 0 Å². The number of amides is 1. The number of anilines is 1. The summed E-state index contributed by atoms with van der Waals surface area (Å²) in [4.78, 5) is 23.5. The summed E-state index contributed by atoms with van der Waals surface area (Å²) in [5.41, 5.74) is 0.662. The van der Waals surface area contributed by atoms with Crippen LogP contribution in [0.4, 0.5) is 5.69 Å². The zero-order chi connectivity index (χ0) is 15.0. The number of rotatable bonds is 3. The minimum absolute atomic E-state index is 0.0763. The van der Waals surface area contributed by atoms with Crippen molar-refractivity contribution in [3.63, 3.8) is 0 Å². The highest BCUT2D eigenvalue weighted by atomic mass is 79.9. The second-order valence-corrected chi connectivity index (χ2v) is 6.58. The number of carbonyl (C=O) groups excluding carboxylic acids is 1. The number of carboxylic acids is 1. The lowest BCUT2D eigenvalue weighted by molar-refractivity contribution is -0.118. The number of nitrogens with one attached hydrogen (secondary N) is 2. The van der Waals surface area contributed by atoms with Crippen molar-refractivity contribution >= 4 is 33.5 Å². The summed E-state index contributed by atoms with van der Waals surface area (Å²) >= 11 is 3.34. The van der Waals surface area contributed by atoms with Crippen LogP contribution in [0.25, 0.3) is 0 Å². The number of carboxylic acid groups (broad SMARTS) is 1. The summed E-state index contributed by atoms with van der Waals surface area (Å²) in [7, 11) is 0. The highest BCUT2D eigenvalue weighted by Gasteiger charge is 2.42. The van der Waals surface area contributed by atoms with Gasteiger partial charge in [-0.2, -0.15) is 0 Å². The van der Waals surface area contributed by atoms with Crippen molar-refractivity contribution in [3.05, 3.63) is 28.2 Å². The van der Waals surface area contributed by atoms with Crippen molar-refractivity contribution in [3.8, 4) is 0 Å². The van der Waals surface area contributed by atoms with Gasteiger partial charge in [-0.05, 0) is 65.4 Å². The Morgan fingerprint density at radius 3 is 2.90 bits per heavy atom. The van der Waals surface area contributed by atoms with Crippen molar-refractivity contribution in [2.24, 2.45) is 11.8 Å². The number of halogens is 1. The van der Waals surface area contributed by atoms with Crippen LogP contribution in [0.3, 0.4) is 0 Å². The van der Waals surface area contributed by atoms with Crippen LogP contribution in [-0.2, 0) is 4.79 Å². The molecule has 21 heavy (non-hydrogen) atoms. The van der Waals surface area contributed by atoms with E-state index in [0.717, 1.165) is 13.0 Å². The fourth-order valence-corrected chi connectivity index (χ4v) is 3.78. The molecule has 0 radical (unpaired) electrons. The van der Waals surface area contributed by atoms with Gasteiger partial charge < -0.3 is 15.7 Å². The molecule has 1 aliphatic heterocycles. The van der Waals surface area contributed by atoms with E-state index in [9.17, 15) is 9.59 Å². The first-order valence-electron chi connectivity index (χ1n) is 7.13. The van der Waals surface area contributed by atoms with Crippen molar-refractivity contribution in [2.75, 3.05) is 11.9 Å². The molecule has 0 bridgehead atoms. The summed E-state index contributed by atoms with van der Waals surface area (Å²) in [5, 5.41) is 15.2. The number of fused-ring (bicyclic) bond motifs is 1. The number of aromatic carboxylic acids is 1. The summed E-state index contributed by atoms with van der Waals surface area (Å²) in [6, 6.07) is 4.45. The predicted octanol–water partition coefficient (Wildman–Crippen LogP) is 2.47. The second kappa shape index (κ2) is 5.77. The maximum Gasteiger partial charge on any atom is 0.335 e. The van der Waals surface area contributed by atoms with Crippen molar-refractivity contribution in [1.82, 2.24) is 5.32 Å². The number of hydrogen-bond donors (Lipinski definition) is 3. The largest absolute Gasteiger partial charge is 0.478 e. The van der Waals surface area contributed by atoms with Crippen LogP contribution in [0, 0.1) is 11.8 Å². The van der Waals surface area contributed by atoms with E-state index >= 15 is 0 Å². The second-order valence-electron chi connectivity index (χ2n) is 5.73. The average Bonchev–Trinajstić information content (AvgIpc) is 3.03. The molecular weight excluding hydrogens is 336 g/mol. The summed E-state index contributed by atoms with van der Waals surface area (Å²) in [6.45, 7) is 0.902. The van der Waals surface area contributed by atoms with Crippen LogP contribution in [0.1, 0.15) is 29.6 Å². The number of hydrogen-bond acceptors (Lipinski definition) is 3. The first-order chi connectivity index (χ1) is 10.1. The Kier molecular flexibility index (Phi) is 3.99. The van der Waals surface area contributed by atoms with E-state index in [1.54, 1.807) is 6.07 Å². The SMILES string of the molecule is O=C(O)c1ccc(Br)c(NC(=O)C2NCC3CCCC32)c1. The Labute approximate surface area is 131 Å². The quantitative estimate of drug-likeness (QED) is 0.780. The van der Waals surface area contributed by atoms with E-state index in [2.05, 4.69) is 26.6 Å². The molecule has 6 heteroatoms. The summed E-state index contributed by atoms with van der Waals surface area (Å²) in [5.74, 6) is -0.0681. The van der Waals surface area contributed by atoms with Gasteiger partial charge in [0.05, 0.1) is 17.3 Å². The first kappa shape index (κ1) is 14.5. The van der Waals surface area contributed by atoms with Crippen LogP contribution >= 0.6 is 15.9 Å². The molecule has 1 saturated carbocycles. The topological polar surface area (TPSA) is 78.4 Å². The standard InChI is InChI=1S/C15H17BrN2O3/c16-11-5-4-8(15(20)21)6-12(11)18-14(19)13-10-3-1-2-9(10)7-17-13/h4-6,9-10,13,17H,1-3,7H2,(H,18,19)(H,20,21). The van der Waals surface area contributed by atoms with E-state index in [1.807, 2.05) is 0 Å². The Morgan fingerprint density at radius 1 is 1.33 bits per heavy atom. The van der Waals surface area contributed by atoms with E-state index < -0.39 is 5.97 Å². The van der Waals surface area contributed by atoms with Gasteiger partial charge in [-0.3, -0.25) is 4.79 Å². The Morgan fingerprint density at radius 2 is 2.14 bits per heavy atom. The lowest BCUT2D eigenvalue weighted by Gasteiger charge is -2.18. The lowest BCUT2D eigenvalue weighted by atomic mass is 9.93. The summed E-state index contributed by atoms with van der Waals surface area (Å²) < 4.78 is 0.682. The van der Waals surface area contributed by atoms with E-state index in [1.165, 1.54) is 25.0 Å². The third-order valence-electron chi connectivity index (χ3n) is 4.50. The molecule has 1 aromatic rings. The van der Waals surface area contributed by atoms with Crippen molar-refractivity contribution < 1.29 is 14.7 Å². The van der Waals surface area contributed by atoms with E-state index in [-0.39, 0.29) is 17.5 Å².